The molecule has 0 radical (unpaired) electrons. The molecule has 0 aliphatic heterocycles. The molecule has 8 heteroatoms. The average molecular weight is 462 g/mol. The topological polar surface area (TPSA) is 88.9 Å². The number of pyridine rings is 1. The molecule has 7 nitrogen and oxygen atoms in total. The van der Waals surface area contributed by atoms with Gasteiger partial charge in [0, 0.05) is 39.9 Å². The summed E-state index contributed by atoms with van der Waals surface area (Å²) in [5.41, 5.74) is 2.29. The van der Waals surface area contributed by atoms with Crippen molar-refractivity contribution in [3.63, 3.8) is 0 Å². The molecule has 2 heterocycles. The van der Waals surface area contributed by atoms with Crippen LogP contribution in [-0.2, 0) is 0 Å². The van der Waals surface area contributed by atoms with E-state index in [4.69, 9.17) is 0 Å². The summed E-state index contributed by atoms with van der Waals surface area (Å²) < 4.78 is 2.53. The number of aromatic nitrogens is 3. The lowest BCUT2D eigenvalue weighted by Crippen LogP contribution is -2.15. The number of benzene rings is 2. The third-order valence-corrected chi connectivity index (χ3v) is 4.72. The standard InChI is InChI=1S/C22H16BrN5O2/c23-17-7-10-20(24-14-17)27-22(30)16-3-1-4-18(13-16)26-21(29)15-5-8-19(9-6-15)28-12-2-11-25-28/h1-14H,(H,26,29)(H,24,27,30). The maximum absolute atomic E-state index is 12.6. The Hall–Kier alpha value is -3.78. The molecule has 4 aromatic rings. The van der Waals surface area contributed by atoms with Gasteiger partial charge in [0.2, 0.25) is 0 Å². The van der Waals surface area contributed by atoms with Gasteiger partial charge in [0.05, 0.1) is 5.69 Å². The first-order chi connectivity index (χ1) is 14.6. The van der Waals surface area contributed by atoms with Gasteiger partial charge in [-0.25, -0.2) is 9.67 Å². The molecule has 0 saturated carbocycles. The van der Waals surface area contributed by atoms with Crippen molar-refractivity contribution >= 4 is 39.2 Å². The minimum atomic E-state index is -0.315. The van der Waals surface area contributed by atoms with Crippen LogP contribution in [0.25, 0.3) is 5.69 Å². The van der Waals surface area contributed by atoms with E-state index in [0.717, 1.165) is 10.2 Å². The zero-order chi connectivity index (χ0) is 20.9. The number of carbonyl (C=O) groups excluding carboxylic acids is 2. The molecule has 0 atom stereocenters. The Morgan fingerprint density at radius 3 is 2.37 bits per heavy atom. The van der Waals surface area contributed by atoms with Gasteiger partial charge < -0.3 is 10.6 Å². The summed E-state index contributed by atoms with van der Waals surface area (Å²) in [6.07, 6.45) is 5.12. The van der Waals surface area contributed by atoms with E-state index in [0.29, 0.717) is 22.6 Å². The molecule has 0 spiro atoms. The lowest BCUT2D eigenvalue weighted by molar-refractivity contribution is 0.101. The highest BCUT2D eigenvalue weighted by Crippen LogP contribution is 2.16. The highest BCUT2D eigenvalue weighted by molar-refractivity contribution is 9.10. The molecule has 0 aliphatic carbocycles. The predicted octanol–water partition coefficient (Wildman–Crippen LogP) is 4.53. The summed E-state index contributed by atoms with van der Waals surface area (Å²) in [7, 11) is 0. The largest absolute Gasteiger partial charge is 0.322 e. The van der Waals surface area contributed by atoms with Gasteiger partial charge >= 0.3 is 0 Å². The van der Waals surface area contributed by atoms with Gasteiger partial charge in [-0.1, -0.05) is 6.07 Å². The SMILES string of the molecule is O=C(Nc1cccc(C(=O)Nc2ccc(Br)cn2)c1)c1ccc(-n2cccn2)cc1. The van der Waals surface area contributed by atoms with Gasteiger partial charge in [0.25, 0.3) is 11.8 Å². The number of carbonyl (C=O) groups is 2. The fourth-order valence-electron chi connectivity index (χ4n) is 2.77. The zero-order valence-electron chi connectivity index (χ0n) is 15.6. The normalized spacial score (nSPS) is 10.4. The van der Waals surface area contributed by atoms with Crippen molar-refractivity contribution < 1.29 is 9.59 Å². The Morgan fingerprint density at radius 1 is 0.867 bits per heavy atom. The molecule has 2 N–H and O–H groups in total. The first-order valence-corrected chi connectivity index (χ1v) is 9.82. The Bertz CT molecular complexity index is 1170. The lowest BCUT2D eigenvalue weighted by Gasteiger charge is -2.09. The minimum Gasteiger partial charge on any atom is -0.322 e. The summed E-state index contributed by atoms with van der Waals surface area (Å²) in [4.78, 5) is 29.2. The van der Waals surface area contributed by atoms with Crippen molar-refractivity contribution in [1.82, 2.24) is 14.8 Å². The number of nitrogens with zero attached hydrogens (tertiary/aromatic N) is 3. The van der Waals surface area contributed by atoms with E-state index in [1.165, 1.54) is 0 Å². The second kappa shape index (κ2) is 8.71. The highest BCUT2D eigenvalue weighted by atomic mass is 79.9. The monoisotopic (exact) mass is 461 g/mol. The minimum absolute atomic E-state index is 0.269. The Labute approximate surface area is 180 Å². The Balaban J connectivity index is 1.44. The molecule has 0 bridgehead atoms. The second-order valence-electron chi connectivity index (χ2n) is 6.35. The van der Waals surface area contributed by atoms with Gasteiger partial charge in [-0.15, -0.1) is 0 Å². The first kappa shape index (κ1) is 19.5. The van der Waals surface area contributed by atoms with Crippen LogP contribution in [-0.4, -0.2) is 26.6 Å². The van der Waals surface area contributed by atoms with Gasteiger partial charge in [-0.3, -0.25) is 9.59 Å². The molecule has 2 aromatic heterocycles. The number of amides is 2. The van der Waals surface area contributed by atoms with Crippen LogP contribution in [0.5, 0.6) is 0 Å². The molecule has 0 saturated heterocycles. The molecule has 0 fully saturated rings. The van der Waals surface area contributed by atoms with Crippen LogP contribution in [0.2, 0.25) is 0 Å². The Kier molecular flexibility index (Phi) is 5.67. The van der Waals surface area contributed by atoms with Gasteiger partial charge in [-0.05, 0) is 76.6 Å². The van der Waals surface area contributed by atoms with Crippen LogP contribution >= 0.6 is 15.9 Å². The predicted molar refractivity (Wildman–Crippen MR) is 118 cm³/mol. The molecule has 2 amide bonds. The van der Waals surface area contributed by atoms with Crippen molar-refractivity contribution in [2.24, 2.45) is 0 Å². The van der Waals surface area contributed by atoms with E-state index in [2.05, 4.69) is 36.6 Å². The van der Waals surface area contributed by atoms with Gasteiger partial charge in [-0.2, -0.15) is 5.10 Å². The number of rotatable bonds is 5. The average Bonchev–Trinajstić information content (AvgIpc) is 3.30. The van der Waals surface area contributed by atoms with E-state index >= 15 is 0 Å². The first-order valence-electron chi connectivity index (χ1n) is 9.03. The van der Waals surface area contributed by atoms with Gasteiger partial charge in [0.1, 0.15) is 5.82 Å². The molecular formula is C22H16BrN5O2. The van der Waals surface area contributed by atoms with Gasteiger partial charge in [0.15, 0.2) is 0 Å². The van der Waals surface area contributed by atoms with E-state index in [9.17, 15) is 9.59 Å². The maximum Gasteiger partial charge on any atom is 0.256 e. The van der Waals surface area contributed by atoms with Crippen LogP contribution in [0.15, 0.2) is 89.8 Å². The van der Waals surface area contributed by atoms with Crippen molar-refractivity contribution in [2.45, 2.75) is 0 Å². The number of nitrogens with one attached hydrogen (secondary N) is 2. The maximum atomic E-state index is 12.6. The summed E-state index contributed by atoms with van der Waals surface area (Å²) in [6, 6.07) is 19.1. The second-order valence-corrected chi connectivity index (χ2v) is 7.26. The smallest absolute Gasteiger partial charge is 0.256 e. The number of halogens is 1. The van der Waals surface area contributed by atoms with Crippen molar-refractivity contribution in [1.29, 1.82) is 0 Å². The number of hydrogen-bond acceptors (Lipinski definition) is 4. The van der Waals surface area contributed by atoms with Crippen molar-refractivity contribution in [3.05, 3.63) is 101 Å². The Morgan fingerprint density at radius 2 is 1.67 bits per heavy atom. The van der Waals surface area contributed by atoms with Crippen LogP contribution in [0.1, 0.15) is 20.7 Å². The highest BCUT2D eigenvalue weighted by Gasteiger charge is 2.10. The molecular weight excluding hydrogens is 446 g/mol. The number of anilines is 2. The summed E-state index contributed by atoms with van der Waals surface area (Å²) in [6.45, 7) is 0. The molecule has 4 rings (SSSR count). The van der Waals surface area contributed by atoms with Crippen LogP contribution in [0, 0.1) is 0 Å². The van der Waals surface area contributed by atoms with E-state index in [-0.39, 0.29) is 11.8 Å². The zero-order valence-corrected chi connectivity index (χ0v) is 17.2. The third kappa shape index (κ3) is 4.61. The summed E-state index contributed by atoms with van der Waals surface area (Å²) in [5.74, 6) is -0.145. The van der Waals surface area contributed by atoms with Crippen LogP contribution in [0.4, 0.5) is 11.5 Å². The van der Waals surface area contributed by atoms with Crippen LogP contribution in [0.3, 0.4) is 0 Å². The van der Waals surface area contributed by atoms with E-state index in [1.54, 1.807) is 65.6 Å². The lowest BCUT2D eigenvalue weighted by atomic mass is 10.1. The quantitative estimate of drug-likeness (QED) is 0.456. The van der Waals surface area contributed by atoms with E-state index in [1.807, 2.05) is 24.4 Å². The van der Waals surface area contributed by atoms with E-state index < -0.39 is 0 Å². The molecule has 148 valence electrons. The molecule has 30 heavy (non-hydrogen) atoms. The fraction of sp³-hybridized carbons (Fsp3) is 0. The number of hydrogen-bond donors (Lipinski definition) is 2. The van der Waals surface area contributed by atoms with Crippen molar-refractivity contribution in [2.75, 3.05) is 10.6 Å². The molecule has 2 aromatic carbocycles. The molecule has 0 aliphatic rings. The third-order valence-electron chi connectivity index (χ3n) is 4.25. The fourth-order valence-corrected chi connectivity index (χ4v) is 3.00. The summed E-state index contributed by atoms with van der Waals surface area (Å²) >= 11 is 3.30. The summed E-state index contributed by atoms with van der Waals surface area (Å²) in [5, 5.41) is 9.70. The molecule has 0 unspecified atom stereocenters. The van der Waals surface area contributed by atoms with Crippen LogP contribution < -0.4 is 10.6 Å². The van der Waals surface area contributed by atoms with Crippen molar-refractivity contribution in [3.8, 4) is 5.69 Å².